The molecule has 0 bridgehead atoms. The molecular weight excluding hydrogens is 425 g/mol. The lowest BCUT2D eigenvalue weighted by Crippen LogP contribution is -2.47. The maximum absolute atomic E-state index is 13.3. The topological polar surface area (TPSA) is 32.3 Å². The standard InChI is InChI=1S/C24H27F3N2O.ClH/c1-16-19(11-7-12-20(16)24(25,26)27)23(30)28-22(17-8-3-2-4-9-17)21-14-13-18-10-5-6-15-29(18)21;/h2-4,7-9,11-12,18,21-22H,5-6,10,13-15H2,1H3,(H,28,30);1H. The number of rotatable bonds is 4. The van der Waals surface area contributed by atoms with Gasteiger partial charge in [0.2, 0.25) is 0 Å². The number of alkyl halides is 3. The summed E-state index contributed by atoms with van der Waals surface area (Å²) in [5.41, 5.74) is 0.283. The van der Waals surface area contributed by atoms with Gasteiger partial charge in [0.15, 0.2) is 0 Å². The summed E-state index contributed by atoms with van der Waals surface area (Å²) in [6.07, 6.45) is 1.16. The Morgan fingerprint density at radius 2 is 1.77 bits per heavy atom. The first-order valence-corrected chi connectivity index (χ1v) is 10.6. The number of hydrogen-bond donors (Lipinski definition) is 1. The smallest absolute Gasteiger partial charge is 0.344 e. The van der Waals surface area contributed by atoms with Gasteiger partial charge in [0, 0.05) is 17.6 Å². The molecule has 0 aromatic heterocycles. The molecule has 1 amide bonds. The lowest BCUT2D eigenvalue weighted by molar-refractivity contribution is -0.138. The maximum atomic E-state index is 13.3. The van der Waals surface area contributed by atoms with Crippen LogP contribution in [0.15, 0.2) is 48.5 Å². The van der Waals surface area contributed by atoms with Crippen LogP contribution >= 0.6 is 12.4 Å². The molecule has 0 saturated carbocycles. The second-order valence-corrected chi connectivity index (χ2v) is 8.37. The highest BCUT2D eigenvalue weighted by atomic mass is 35.5. The van der Waals surface area contributed by atoms with Gasteiger partial charge in [-0.1, -0.05) is 42.8 Å². The van der Waals surface area contributed by atoms with E-state index in [0.29, 0.717) is 6.04 Å². The van der Waals surface area contributed by atoms with E-state index < -0.39 is 17.6 Å². The van der Waals surface area contributed by atoms with Crippen molar-refractivity contribution in [3.63, 3.8) is 0 Å². The number of halogens is 4. The van der Waals surface area contributed by atoms with Crippen LogP contribution in [0.5, 0.6) is 0 Å². The molecule has 7 heteroatoms. The maximum Gasteiger partial charge on any atom is 0.416 e. The van der Waals surface area contributed by atoms with Crippen LogP contribution in [0.1, 0.15) is 65.2 Å². The van der Waals surface area contributed by atoms with Gasteiger partial charge in [-0.05, 0) is 62.4 Å². The number of carbonyl (C=O) groups is 1. The first-order valence-electron chi connectivity index (χ1n) is 10.6. The van der Waals surface area contributed by atoms with Crippen LogP contribution in [0.3, 0.4) is 0 Å². The van der Waals surface area contributed by atoms with E-state index in [1.54, 1.807) is 0 Å². The molecule has 2 aliphatic rings. The number of fused-ring (bicyclic) bond motifs is 1. The minimum Gasteiger partial charge on any atom is -0.344 e. The third-order valence-corrected chi connectivity index (χ3v) is 6.61. The van der Waals surface area contributed by atoms with Crippen LogP contribution in [0.25, 0.3) is 0 Å². The fraction of sp³-hybridized carbons (Fsp3) is 0.458. The molecule has 2 fully saturated rings. The Bertz CT molecular complexity index is 903. The molecule has 0 radical (unpaired) electrons. The minimum absolute atomic E-state index is 0. The number of nitrogens with one attached hydrogen (secondary N) is 1. The zero-order chi connectivity index (χ0) is 21.3. The van der Waals surface area contributed by atoms with Gasteiger partial charge in [-0.2, -0.15) is 13.2 Å². The van der Waals surface area contributed by atoms with E-state index in [1.165, 1.54) is 31.9 Å². The Kier molecular flexibility index (Phi) is 7.32. The van der Waals surface area contributed by atoms with Gasteiger partial charge >= 0.3 is 6.18 Å². The number of benzene rings is 2. The van der Waals surface area contributed by atoms with Crippen molar-refractivity contribution in [1.82, 2.24) is 10.2 Å². The molecule has 3 nitrogen and oxygen atoms in total. The van der Waals surface area contributed by atoms with Gasteiger partial charge in [0.25, 0.3) is 5.91 Å². The highest BCUT2D eigenvalue weighted by molar-refractivity contribution is 5.96. The molecule has 0 spiro atoms. The molecule has 3 atom stereocenters. The van der Waals surface area contributed by atoms with Crippen LogP contribution in [0.2, 0.25) is 0 Å². The van der Waals surface area contributed by atoms with Gasteiger partial charge in [-0.15, -0.1) is 12.4 Å². The van der Waals surface area contributed by atoms with Crippen molar-refractivity contribution < 1.29 is 18.0 Å². The van der Waals surface area contributed by atoms with Crippen molar-refractivity contribution in [2.75, 3.05) is 6.54 Å². The first-order chi connectivity index (χ1) is 14.4. The molecule has 31 heavy (non-hydrogen) atoms. The average molecular weight is 453 g/mol. The number of nitrogens with zero attached hydrogens (tertiary/aromatic N) is 1. The molecular formula is C24H28ClF3N2O. The van der Waals surface area contributed by atoms with Crippen molar-refractivity contribution in [2.24, 2.45) is 0 Å². The quantitative estimate of drug-likeness (QED) is 0.624. The first kappa shape index (κ1) is 23.6. The monoisotopic (exact) mass is 452 g/mol. The molecule has 2 aromatic carbocycles. The molecule has 3 unspecified atom stereocenters. The molecule has 168 valence electrons. The predicted octanol–water partition coefficient (Wildman–Crippen LogP) is 5.92. The van der Waals surface area contributed by atoms with Gasteiger partial charge in [-0.3, -0.25) is 9.69 Å². The van der Waals surface area contributed by atoms with Gasteiger partial charge < -0.3 is 5.32 Å². The second-order valence-electron chi connectivity index (χ2n) is 8.37. The van der Waals surface area contributed by atoms with E-state index in [-0.39, 0.29) is 35.6 Å². The summed E-state index contributed by atoms with van der Waals surface area (Å²) in [5.74, 6) is -0.451. The summed E-state index contributed by atoms with van der Waals surface area (Å²) in [6, 6.07) is 14.0. The Morgan fingerprint density at radius 1 is 1.03 bits per heavy atom. The molecule has 2 saturated heterocycles. The number of carbonyl (C=O) groups excluding carboxylic acids is 1. The normalized spacial score (nSPS) is 22.3. The Hall–Kier alpha value is -2.05. The van der Waals surface area contributed by atoms with Crippen molar-refractivity contribution in [1.29, 1.82) is 0 Å². The highest BCUT2D eigenvalue weighted by Crippen LogP contribution is 2.38. The van der Waals surface area contributed by atoms with E-state index in [4.69, 9.17) is 0 Å². The van der Waals surface area contributed by atoms with Crippen molar-refractivity contribution >= 4 is 18.3 Å². The fourth-order valence-electron chi connectivity index (χ4n) is 5.13. The van der Waals surface area contributed by atoms with E-state index in [2.05, 4.69) is 10.2 Å². The van der Waals surface area contributed by atoms with Crippen LogP contribution < -0.4 is 5.32 Å². The van der Waals surface area contributed by atoms with E-state index >= 15 is 0 Å². The lowest BCUT2D eigenvalue weighted by atomic mass is 9.95. The molecule has 2 aliphatic heterocycles. The minimum atomic E-state index is -4.48. The summed E-state index contributed by atoms with van der Waals surface area (Å²) < 4.78 is 39.9. The summed E-state index contributed by atoms with van der Waals surface area (Å²) in [5, 5.41) is 3.10. The summed E-state index contributed by atoms with van der Waals surface area (Å²) in [6.45, 7) is 2.38. The van der Waals surface area contributed by atoms with Crippen molar-refractivity contribution in [2.45, 2.75) is 63.3 Å². The van der Waals surface area contributed by atoms with Crippen molar-refractivity contribution in [3.05, 3.63) is 70.8 Å². The Morgan fingerprint density at radius 3 is 2.48 bits per heavy atom. The summed E-state index contributed by atoms with van der Waals surface area (Å²) in [7, 11) is 0. The number of amides is 1. The number of piperidine rings is 1. The Labute approximate surface area is 187 Å². The Balaban J connectivity index is 0.00000272. The fourth-order valence-corrected chi connectivity index (χ4v) is 5.13. The zero-order valence-electron chi connectivity index (χ0n) is 17.5. The molecule has 1 N–H and O–H groups in total. The third kappa shape index (κ3) is 4.90. The van der Waals surface area contributed by atoms with Crippen molar-refractivity contribution in [3.8, 4) is 0 Å². The van der Waals surface area contributed by atoms with Gasteiger partial charge in [0.1, 0.15) is 0 Å². The number of hydrogen-bond acceptors (Lipinski definition) is 2. The van der Waals surface area contributed by atoms with Crippen LogP contribution in [-0.2, 0) is 6.18 Å². The molecule has 2 heterocycles. The van der Waals surface area contributed by atoms with Gasteiger partial charge in [0.05, 0.1) is 11.6 Å². The molecule has 0 aliphatic carbocycles. The largest absolute Gasteiger partial charge is 0.416 e. The zero-order valence-corrected chi connectivity index (χ0v) is 18.3. The second kappa shape index (κ2) is 9.61. The van der Waals surface area contributed by atoms with E-state index in [1.807, 2.05) is 30.3 Å². The van der Waals surface area contributed by atoms with Crippen LogP contribution in [0.4, 0.5) is 13.2 Å². The van der Waals surface area contributed by atoms with E-state index in [9.17, 15) is 18.0 Å². The summed E-state index contributed by atoms with van der Waals surface area (Å²) in [4.78, 5) is 15.6. The predicted molar refractivity (Wildman–Crippen MR) is 117 cm³/mol. The van der Waals surface area contributed by atoms with E-state index in [0.717, 1.165) is 37.4 Å². The average Bonchev–Trinajstić information content (AvgIpc) is 3.15. The summed E-state index contributed by atoms with van der Waals surface area (Å²) >= 11 is 0. The molecule has 2 aromatic rings. The van der Waals surface area contributed by atoms with Crippen LogP contribution in [-0.4, -0.2) is 29.4 Å². The third-order valence-electron chi connectivity index (χ3n) is 6.61. The van der Waals surface area contributed by atoms with Crippen LogP contribution in [0, 0.1) is 6.92 Å². The molecule has 4 rings (SSSR count). The highest BCUT2D eigenvalue weighted by Gasteiger charge is 2.40. The van der Waals surface area contributed by atoms with Gasteiger partial charge in [-0.25, -0.2) is 0 Å². The lowest BCUT2D eigenvalue weighted by Gasteiger charge is -2.38. The SMILES string of the molecule is Cc1c(C(=O)NC(c2ccccc2)C2CCC3CCCCN32)cccc1C(F)(F)F.Cl.